The average Bonchev–Trinajstić information content (AvgIpc) is 3.38. The molecule has 1 aromatic carbocycles. The first kappa shape index (κ1) is 21.0. The first-order valence-corrected chi connectivity index (χ1v) is 11.0. The Balaban J connectivity index is 1.33. The number of hydrogen-bond acceptors (Lipinski definition) is 5. The van der Waals surface area contributed by atoms with E-state index < -0.39 is 5.41 Å². The molecule has 2 aromatic rings. The van der Waals surface area contributed by atoms with Crippen LogP contribution in [0.4, 0.5) is 5.82 Å². The maximum absolute atomic E-state index is 12.4. The molecule has 7 nitrogen and oxygen atoms in total. The van der Waals surface area contributed by atoms with E-state index in [1.54, 1.807) is 6.20 Å². The van der Waals surface area contributed by atoms with Crippen molar-refractivity contribution in [3.8, 4) is 0 Å². The van der Waals surface area contributed by atoms with Gasteiger partial charge in [0.1, 0.15) is 5.82 Å². The summed E-state index contributed by atoms with van der Waals surface area (Å²) in [5, 5.41) is 7.57. The topological polar surface area (TPSA) is 74.2 Å². The smallest absolute Gasteiger partial charge is 0.230 e. The van der Waals surface area contributed by atoms with Crippen LogP contribution < -0.4 is 16.2 Å². The van der Waals surface area contributed by atoms with Gasteiger partial charge in [0.25, 0.3) is 0 Å². The van der Waals surface area contributed by atoms with Crippen LogP contribution in [0.1, 0.15) is 51.3 Å². The molecular weight excluding hydrogens is 376 g/mol. The molecule has 4 rings (SSSR count). The van der Waals surface area contributed by atoms with E-state index in [0.717, 1.165) is 44.8 Å². The van der Waals surface area contributed by atoms with E-state index in [9.17, 15) is 4.79 Å². The van der Waals surface area contributed by atoms with E-state index in [1.807, 2.05) is 31.5 Å². The zero-order valence-electron chi connectivity index (χ0n) is 18.3. The van der Waals surface area contributed by atoms with Gasteiger partial charge in [-0.15, -0.1) is 0 Å². The Morgan fingerprint density at radius 3 is 2.60 bits per heavy atom. The molecule has 3 N–H and O–H groups in total. The summed E-state index contributed by atoms with van der Waals surface area (Å²) in [6.07, 6.45) is 3.87. The van der Waals surface area contributed by atoms with Gasteiger partial charge >= 0.3 is 0 Å². The standard InChI is InChI=1S/C23H34N6O/c1-23(2,3)22(30)26-20-9-12-25-29(20)19-10-13-28(14-11-19)16-18-15-24-27-21(18)17-7-5-4-6-8-17/h4-9,12,18-19,21,24,27H,10-11,13-16H2,1-3H3,(H,26,30). The first-order chi connectivity index (χ1) is 14.4. The van der Waals surface area contributed by atoms with Crippen molar-refractivity contribution in [1.82, 2.24) is 25.5 Å². The number of hydrazine groups is 1. The van der Waals surface area contributed by atoms with Gasteiger partial charge in [0.05, 0.1) is 18.3 Å². The van der Waals surface area contributed by atoms with Gasteiger partial charge in [-0.2, -0.15) is 5.10 Å². The number of carbonyl (C=O) groups is 1. The quantitative estimate of drug-likeness (QED) is 0.707. The van der Waals surface area contributed by atoms with Crippen molar-refractivity contribution in [2.75, 3.05) is 31.5 Å². The highest BCUT2D eigenvalue weighted by Gasteiger charge is 2.32. The lowest BCUT2D eigenvalue weighted by atomic mass is 9.93. The Morgan fingerprint density at radius 2 is 1.90 bits per heavy atom. The number of aromatic nitrogens is 2. The van der Waals surface area contributed by atoms with Gasteiger partial charge in [-0.3, -0.25) is 10.2 Å². The molecule has 1 aromatic heterocycles. The Hall–Kier alpha value is -2.22. The van der Waals surface area contributed by atoms with E-state index in [0.29, 0.717) is 18.0 Å². The molecule has 0 radical (unpaired) electrons. The predicted octanol–water partition coefficient (Wildman–Crippen LogP) is 2.97. The predicted molar refractivity (Wildman–Crippen MR) is 119 cm³/mol. The number of piperidine rings is 1. The number of benzene rings is 1. The fourth-order valence-electron chi connectivity index (χ4n) is 4.41. The molecule has 0 aliphatic carbocycles. The van der Waals surface area contributed by atoms with Crippen molar-refractivity contribution >= 4 is 11.7 Å². The largest absolute Gasteiger partial charge is 0.310 e. The summed E-state index contributed by atoms with van der Waals surface area (Å²) >= 11 is 0. The number of rotatable bonds is 5. The highest BCUT2D eigenvalue weighted by molar-refractivity contribution is 5.93. The second kappa shape index (κ2) is 8.88. The summed E-state index contributed by atoms with van der Waals surface area (Å²) in [4.78, 5) is 15.0. The molecule has 2 aliphatic heterocycles. The summed E-state index contributed by atoms with van der Waals surface area (Å²) in [7, 11) is 0. The van der Waals surface area contributed by atoms with Crippen LogP contribution in [0.25, 0.3) is 0 Å². The molecule has 0 saturated carbocycles. The van der Waals surface area contributed by atoms with E-state index in [1.165, 1.54) is 5.56 Å². The Kier molecular flexibility index (Phi) is 6.22. The van der Waals surface area contributed by atoms with Crippen molar-refractivity contribution in [2.45, 2.75) is 45.7 Å². The summed E-state index contributed by atoms with van der Waals surface area (Å²) in [5.41, 5.74) is 7.72. The molecular formula is C23H34N6O. The van der Waals surface area contributed by atoms with Crippen LogP contribution in [0.15, 0.2) is 42.6 Å². The molecule has 162 valence electrons. The molecule has 0 spiro atoms. The molecule has 2 unspecified atom stereocenters. The Bertz CT molecular complexity index is 835. The molecule has 0 bridgehead atoms. The maximum Gasteiger partial charge on any atom is 0.230 e. The lowest BCUT2D eigenvalue weighted by molar-refractivity contribution is -0.123. The fourth-order valence-corrected chi connectivity index (χ4v) is 4.41. The van der Waals surface area contributed by atoms with Gasteiger partial charge in [0, 0.05) is 43.6 Å². The molecule has 7 heteroatoms. The van der Waals surface area contributed by atoms with E-state index >= 15 is 0 Å². The van der Waals surface area contributed by atoms with Crippen LogP contribution >= 0.6 is 0 Å². The summed E-state index contributed by atoms with van der Waals surface area (Å²) in [5.74, 6) is 1.38. The van der Waals surface area contributed by atoms with Crippen molar-refractivity contribution in [1.29, 1.82) is 0 Å². The van der Waals surface area contributed by atoms with Crippen molar-refractivity contribution < 1.29 is 4.79 Å². The SMILES string of the molecule is CC(C)(C)C(=O)Nc1ccnn1C1CCN(CC2CNNC2c2ccccc2)CC1. The van der Waals surface area contributed by atoms with Crippen LogP contribution in [0, 0.1) is 11.3 Å². The molecule has 1 amide bonds. The minimum atomic E-state index is -0.420. The molecule has 2 aliphatic rings. The number of anilines is 1. The van der Waals surface area contributed by atoms with E-state index in [2.05, 4.69) is 56.5 Å². The highest BCUT2D eigenvalue weighted by Crippen LogP contribution is 2.30. The zero-order chi connectivity index (χ0) is 21.1. The number of nitrogens with one attached hydrogen (secondary N) is 3. The molecule has 2 atom stereocenters. The minimum Gasteiger partial charge on any atom is -0.310 e. The number of likely N-dealkylation sites (tertiary alicyclic amines) is 1. The number of nitrogens with zero attached hydrogens (tertiary/aromatic N) is 3. The third-order valence-corrected chi connectivity index (χ3v) is 6.24. The number of amides is 1. The number of carbonyl (C=O) groups excluding carboxylic acids is 1. The minimum absolute atomic E-state index is 0.0230. The van der Waals surface area contributed by atoms with Gasteiger partial charge in [-0.05, 0) is 18.4 Å². The Labute approximate surface area is 179 Å². The van der Waals surface area contributed by atoms with Gasteiger partial charge in [-0.1, -0.05) is 51.1 Å². The third kappa shape index (κ3) is 4.74. The van der Waals surface area contributed by atoms with Crippen LogP contribution in [0.2, 0.25) is 0 Å². The van der Waals surface area contributed by atoms with Gasteiger partial charge in [-0.25, -0.2) is 10.1 Å². The molecule has 2 saturated heterocycles. The average molecular weight is 411 g/mol. The maximum atomic E-state index is 12.4. The lowest BCUT2D eigenvalue weighted by Crippen LogP contribution is -2.40. The lowest BCUT2D eigenvalue weighted by Gasteiger charge is -2.35. The van der Waals surface area contributed by atoms with E-state index in [-0.39, 0.29) is 5.91 Å². The summed E-state index contributed by atoms with van der Waals surface area (Å²) in [6.45, 7) is 9.95. The van der Waals surface area contributed by atoms with Crippen LogP contribution in [-0.4, -0.2) is 46.8 Å². The normalized spacial score (nSPS) is 23.6. The molecule has 3 heterocycles. The summed E-state index contributed by atoms with van der Waals surface area (Å²) in [6, 6.07) is 13.3. The fraction of sp³-hybridized carbons (Fsp3) is 0.565. The van der Waals surface area contributed by atoms with Crippen molar-refractivity contribution in [3.63, 3.8) is 0 Å². The second-order valence-corrected chi connectivity index (χ2v) is 9.57. The van der Waals surface area contributed by atoms with Gasteiger partial charge in [0.15, 0.2) is 0 Å². The van der Waals surface area contributed by atoms with E-state index in [4.69, 9.17) is 0 Å². The number of hydrogen-bond donors (Lipinski definition) is 3. The highest BCUT2D eigenvalue weighted by atomic mass is 16.2. The molecule has 30 heavy (non-hydrogen) atoms. The van der Waals surface area contributed by atoms with Gasteiger partial charge < -0.3 is 10.2 Å². The van der Waals surface area contributed by atoms with Crippen molar-refractivity contribution in [2.24, 2.45) is 11.3 Å². The first-order valence-electron chi connectivity index (χ1n) is 11.0. The van der Waals surface area contributed by atoms with Crippen molar-refractivity contribution in [3.05, 3.63) is 48.2 Å². The van der Waals surface area contributed by atoms with Crippen LogP contribution in [0.5, 0.6) is 0 Å². The van der Waals surface area contributed by atoms with Gasteiger partial charge in [0.2, 0.25) is 5.91 Å². The Morgan fingerprint density at radius 1 is 1.17 bits per heavy atom. The monoisotopic (exact) mass is 410 g/mol. The summed E-state index contributed by atoms with van der Waals surface area (Å²) < 4.78 is 2.01. The third-order valence-electron chi connectivity index (χ3n) is 6.24. The molecule has 2 fully saturated rings. The van der Waals surface area contributed by atoms with Crippen LogP contribution in [-0.2, 0) is 4.79 Å². The zero-order valence-corrected chi connectivity index (χ0v) is 18.3. The van der Waals surface area contributed by atoms with Crippen LogP contribution in [0.3, 0.4) is 0 Å². The second-order valence-electron chi connectivity index (χ2n) is 9.57.